The number of aliphatic hydroxyl groups excluding tert-OH is 1. The molecule has 22 heavy (non-hydrogen) atoms. The topological polar surface area (TPSA) is 61.8 Å². The molecule has 1 aromatic carbocycles. The van der Waals surface area contributed by atoms with Gasteiger partial charge in [0, 0.05) is 25.3 Å². The van der Waals surface area contributed by atoms with Gasteiger partial charge < -0.3 is 20.1 Å². The molecule has 5 nitrogen and oxygen atoms in total. The molecule has 1 fully saturated rings. The summed E-state index contributed by atoms with van der Waals surface area (Å²) < 4.78 is 5.25. The van der Waals surface area contributed by atoms with Gasteiger partial charge in [-0.1, -0.05) is 12.1 Å². The molecule has 0 aliphatic carbocycles. The molecule has 0 bridgehead atoms. The summed E-state index contributed by atoms with van der Waals surface area (Å²) in [5, 5.41) is 12.1. The summed E-state index contributed by atoms with van der Waals surface area (Å²) in [7, 11) is 0. The molecule has 1 heterocycles. The molecule has 0 radical (unpaired) electrons. The highest BCUT2D eigenvalue weighted by atomic mass is 16.6. The fraction of sp³-hybridized carbons (Fsp3) is 0.588. The largest absolute Gasteiger partial charge is 0.444 e. The summed E-state index contributed by atoms with van der Waals surface area (Å²) in [6.07, 6.45) is 0.687. The van der Waals surface area contributed by atoms with E-state index >= 15 is 0 Å². The highest BCUT2D eigenvalue weighted by molar-refractivity contribution is 5.67. The number of rotatable bonds is 4. The minimum absolute atomic E-state index is 0.0608. The Balaban J connectivity index is 1.81. The van der Waals surface area contributed by atoms with Crippen molar-refractivity contribution >= 4 is 11.8 Å². The summed E-state index contributed by atoms with van der Waals surface area (Å²) in [5.74, 6) is 0.422. The lowest BCUT2D eigenvalue weighted by Gasteiger charge is -2.21. The number of carbonyl (C=O) groups is 1. The van der Waals surface area contributed by atoms with Crippen molar-refractivity contribution in [3.8, 4) is 0 Å². The predicted octanol–water partition coefficient (Wildman–Crippen LogP) is 2.53. The third-order valence-corrected chi connectivity index (χ3v) is 3.68. The van der Waals surface area contributed by atoms with Gasteiger partial charge in [-0.25, -0.2) is 4.79 Å². The maximum Gasteiger partial charge on any atom is 0.407 e. The molecule has 1 amide bonds. The van der Waals surface area contributed by atoms with E-state index in [1.165, 1.54) is 0 Å². The highest BCUT2D eigenvalue weighted by Crippen LogP contribution is 2.24. The number of nitrogens with zero attached hydrogens (tertiary/aromatic N) is 1. The summed E-state index contributed by atoms with van der Waals surface area (Å²) in [6.45, 7) is 8.14. The van der Waals surface area contributed by atoms with Crippen LogP contribution in [0, 0.1) is 5.92 Å². The van der Waals surface area contributed by atoms with Gasteiger partial charge in [-0.2, -0.15) is 0 Å². The summed E-state index contributed by atoms with van der Waals surface area (Å²) >= 11 is 0. The quantitative estimate of drug-likeness (QED) is 0.897. The number of ether oxygens (including phenoxy) is 1. The molecule has 0 aromatic heterocycles. The van der Waals surface area contributed by atoms with Crippen molar-refractivity contribution in [3.05, 3.63) is 29.8 Å². The standard InChI is InChI=1S/C17H26N2O3/c1-17(2,3)22-16(21)18-10-14-7-8-19(11-14)15-6-4-5-13(9-15)12-20/h4-6,9,14,20H,7-8,10-12H2,1-3H3,(H,18,21)/t14-/m0/s1. The van der Waals surface area contributed by atoms with E-state index in [2.05, 4.69) is 16.3 Å². The molecule has 1 aliphatic rings. The normalized spacial score (nSPS) is 18.4. The number of aliphatic hydroxyl groups is 1. The lowest BCUT2D eigenvalue weighted by Crippen LogP contribution is -2.36. The van der Waals surface area contributed by atoms with Crippen molar-refractivity contribution in [1.82, 2.24) is 5.32 Å². The maximum absolute atomic E-state index is 11.7. The second kappa shape index (κ2) is 7.01. The average molecular weight is 306 g/mol. The average Bonchev–Trinajstić information content (AvgIpc) is 2.92. The summed E-state index contributed by atoms with van der Waals surface area (Å²) in [4.78, 5) is 14.0. The van der Waals surface area contributed by atoms with Crippen molar-refractivity contribution in [2.75, 3.05) is 24.5 Å². The molecule has 1 aromatic rings. The number of hydrogen-bond acceptors (Lipinski definition) is 4. The molecule has 1 aliphatic heterocycles. The second-order valence-electron chi connectivity index (χ2n) is 6.81. The summed E-state index contributed by atoms with van der Waals surface area (Å²) in [5.41, 5.74) is 1.59. The lowest BCUT2D eigenvalue weighted by atomic mass is 10.1. The fourth-order valence-electron chi connectivity index (χ4n) is 2.63. The Bertz CT molecular complexity index is 511. The van der Waals surface area contributed by atoms with E-state index in [1.807, 2.05) is 39.0 Å². The zero-order chi connectivity index (χ0) is 16.2. The van der Waals surface area contributed by atoms with Gasteiger partial charge in [0.2, 0.25) is 0 Å². The molecular weight excluding hydrogens is 280 g/mol. The first kappa shape index (κ1) is 16.6. The molecule has 1 saturated heterocycles. The van der Waals surface area contributed by atoms with E-state index in [1.54, 1.807) is 0 Å². The number of benzene rings is 1. The van der Waals surface area contributed by atoms with Crippen molar-refractivity contribution in [2.45, 2.75) is 39.4 Å². The van der Waals surface area contributed by atoms with Crippen LogP contribution in [0.3, 0.4) is 0 Å². The van der Waals surface area contributed by atoms with Crippen LogP contribution in [0.5, 0.6) is 0 Å². The van der Waals surface area contributed by atoms with Gasteiger partial charge in [-0.15, -0.1) is 0 Å². The Morgan fingerprint density at radius 3 is 2.91 bits per heavy atom. The number of carbonyl (C=O) groups excluding carboxylic acids is 1. The van der Waals surface area contributed by atoms with Gasteiger partial charge in [0.15, 0.2) is 0 Å². The first-order valence-electron chi connectivity index (χ1n) is 7.79. The molecule has 1 atom stereocenters. The van der Waals surface area contributed by atoms with Crippen LogP contribution in [0.25, 0.3) is 0 Å². The Morgan fingerprint density at radius 2 is 2.23 bits per heavy atom. The predicted molar refractivity (Wildman–Crippen MR) is 86.9 cm³/mol. The van der Waals surface area contributed by atoms with Gasteiger partial charge >= 0.3 is 6.09 Å². The van der Waals surface area contributed by atoms with Crippen LogP contribution in [-0.4, -0.2) is 36.4 Å². The van der Waals surface area contributed by atoms with Crippen LogP contribution < -0.4 is 10.2 Å². The second-order valence-corrected chi connectivity index (χ2v) is 6.81. The van der Waals surface area contributed by atoms with Crippen molar-refractivity contribution in [2.24, 2.45) is 5.92 Å². The minimum Gasteiger partial charge on any atom is -0.444 e. The Labute approximate surface area is 132 Å². The van der Waals surface area contributed by atoms with Crippen LogP contribution in [-0.2, 0) is 11.3 Å². The molecule has 122 valence electrons. The van der Waals surface area contributed by atoms with Crippen molar-refractivity contribution in [1.29, 1.82) is 0 Å². The van der Waals surface area contributed by atoms with Crippen LogP contribution in [0.4, 0.5) is 10.5 Å². The maximum atomic E-state index is 11.7. The monoisotopic (exact) mass is 306 g/mol. The third kappa shape index (κ3) is 4.91. The number of amides is 1. The highest BCUT2D eigenvalue weighted by Gasteiger charge is 2.24. The van der Waals surface area contributed by atoms with E-state index in [-0.39, 0.29) is 12.7 Å². The smallest absolute Gasteiger partial charge is 0.407 e. The molecular formula is C17H26N2O3. The number of anilines is 1. The first-order chi connectivity index (χ1) is 10.4. The molecule has 2 N–H and O–H groups in total. The van der Waals surface area contributed by atoms with E-state index in [0.717, 1.165) is 30.8 Å². The van der Waals surface area contributed by atoms with Gasteiger partial charge in [-0.05, 0) is 50.8 Å². The van der Waals surface area contributed by atoms with E-state index in [4.69, 9.17) is 4.74 Å². The number of nitrogens with one attached hydrogen (secondary N) is 1. The fourth-order valence-corrected chi connectivity index (χ4v) is 2.63. The lowest BCUT2D eigenvalue weighted by molar-refractivity contribution is 0.0520. The van der Waals surface area contributed by atoms with Crippen LogP contribution >= 0.6 is 0 Å². The number of hydrogen-bond donors (Lipinski definition) is 2. The first-order valence-corrected chi connectivity index (χ1v) is 7.79. The molecule has 0 spiro atoms. The molecule has 0 unspecified atom stereocenters. The van der Waals surface area contributed by atoms with Gasteiger partial charge in [-0.3, -0.25) is 0 Å². The number of alkyl carbamates (subject to hydrolysis) is 1. The van der Waals surface area contributed by atoms with E-state index < -0.39 is 5.60 Å². The van der Waals surface area contributed by atoms with Gasteiger partial charge in [0.05, 0.1) is 6.61 Å². The third-order valence-electron chi connectivity index (χ3n) is 3.68. The van der Waals surface area contributed by atoms with E-state index in [9.17, 15) is 9.90 Å². The Hall–Kier alpha value is -1.75. The van der Waals surface area contributed by atoms with Gasteiger partial charge in [0.25, 0.3) is 0 Å². The van der Waals surface area contributed by atoms with Gasteiger partial charge in [0.1, 0.15) is 5.60 Å². The molecule has 2 rings (SSSR count). The zero-order valence-electron chi connectivity index (χ0n) is 13.6. The van der Waals surface area contributed by atoms with E-state index in [0.29, 0.717) is 12.5 Å². The minimum atomic E-state index is -0.462. The molecule has 0 saturated carbocycles. The zero-order valence-corrected chi connectivity index (χ0v) is 13.6. The summed E-state index contributed by atoms with van der Waals surface area (Å²) in [6, 6.07) is 7.96. The van der Waals surface area contributed by atoms with Crippen molar-refractivity contribution < 1.29 is 14.6 Å². The SMILES string of the molecule is CC(C)(C)OC(=O)NC[C@@H]1CCN(c2cccc(CO)c2)C1. The Morgan fingerprint density at radius 1 is 1.45 bits per heavy atom. The molecule has 5 heteroatoms. The van der Waals surface area contributed by atoms with Crippen LogP contribution in [0.2, 0.25) is 0 Å². The Kier molecular flexibility index (Phi) is 5.29. The van der Waals surface area contributed by atoms with Crippen molar-refractivity contribution in [3.63, 3.8) is 0 Å². The van der Waals surface area contributed by atoms with Crippen LogP contribution in [0.1, 0.15) is 32.8 Å². The van der Waals surface area contributed by atoms with Crippen LogP contribution in [0.15, 0.2) is 24.3 Å².